The van der Waals surface area contributed by atoms with Gasteiger partial charge in [0.1, 0.15) is 0 Å². The molecule has 3 heteroatoms. The Morgan fingerprint density at radius 1 is 1.56 bits per heavy atom. The number of amides is 1. The van der Waals surface area contributed by atoms with Crippen molar-refractivity contribution in [3.63, 3.8) is 0 Å². The lowest BCUT2D eigenvalue weighted by Crippen LogP contribution is -2.17. The second-order valence-electron chi connectivity index (χ2n) is 1.56. The normalized spacial score (nSPS) is 8.22. The molecule has 1 amide bonds. The van der Waals surface area contributed by atoms with Crippen LogP contribution in [0.1, 0.15) is 6.92 Å². The van der Waals surface area contributed by atoms with Crippen LogP contribution in [0, 0.1) is 0 Å². The van der Waals surface area contributed by atoms with E-state index in [9.17, 15) is 4.79 Å². The molecule has 0 spiro atoms. The first kappa shape index (κ1) is 8.24. The van der Waals surface area contributed by atoms with Gasteiger partial charge in [-0.25, -0.2) is 0 Å². The third-order valence-electron chi connectivity index (χ3n) is 0.654. The van der Waals surface area contributed by atoms with Crippen molar-refractivity contribution in [3.05, 3.63) is 23.9 Å². The van der Waals surface area contributed by atoms with Crippen LogP contribution in [-0.4, -0.2) is 5.91 Å². The Labute approximate surface area is 59.2 Å². The molecule has 0 aliphatic carbocycles. The second-order valence-corrected chi connectivity index (χ2v) is 2.02. The lowest BCUT2D eigenvalue weighted by molar-refractivity contribution is -0.118. The summed E-state index contributed by atoms with van der Waals surface area (Å²) in [5, 5.41) is 2.63. The van der Waals surface area contributed by atoms with Crippen LogP contribution in [0.2, 0.25) is 0 Å². The molecule has 0 rings (SSSR count). The molecule has 0 saturated heterocycles. The monoisotopic (exact) mass is 145 g/mol. The number of carbonyl (C=O) groups excluding carboxylic acids is 1. The van der Waals surface area contributed by atoms with Crippen LogP contribution in [0.5, 0.6) is 0 Å². The first-order chi connectivity index (χ1) is 4.04. The van der Waals surface area contributed by atoms with Gasteiger partial charge in [-0.1, -0.05) is 24.8 Å². The first-order valence-electron chi connectivity index (χ1n) is 2.35. The minimum atomic E-state index is -0.193. The summed E-state index contributed by atoms with van der Waals surface area (Å²) in [6, 6.07) is 0. The third-order valence-corrected chi connectivity index (χ3v) is 0.882. The van der Waals surface area contributed by atoms with E-state index >= 15 is 0 Å². The average Bonchev–Trinajstić information content (AvgIpc) is 1.63. The van der Waals surface area contributed by atoms with Gasteiger partial charge >= 0.3 is 0 Å². The number of halogens is 1. The van der Waals surface area contributed by atoms with Crippen LogP contribution in [-0.2, 0) is 4.79 Å². The van der Waals surface area contributed by atoms with Crippen LogP contribution < -0.4 is 5.32 Å². The molecule has 50 valence electrons. The van der Waals surface area contributed by atoms with Crippen molar-refractivity contribution in [2.45, 2.75) is 6.92 Å². The molecular formula is C6H8ClNO. The van der Waals surface area contributed by atoms with Gasteiger partial charge in [-0.2, -0.15) is 0 Å². The van der Waals surface area contributed by atoms with Gasteiger partial charge in [0.05, 0.1) is 10.7 Å². The van der Waals surface area contributed by atoms with Crippen molar-refractivity contribution in [1.82, 2.24) is 5.32 Å². The Bertz CT molecular complexity index is 162. The molecule has 0 aromatic rings. The fraction of sp³-hybridized carbons (Fsp3) is 0.167. The molecule has 9 heavy (non-hydrogen) atoms. The van der Waals surface area contributed by atoms with Gasteiger partial charge in [-0.05, 0) is 0 Å². The topological polar surface area (TPSA) is 29.1 Å². The molecule has 0 radical (unpaired) electrons. The summed E-state index contributed by atoms with van der Waals surface area (Å²) in [4.78, 5) is 10.3. The number of rotatable bonds is 2. The molecule has 2 nitrogen and oxygen atoms in total. The first-order valence-corrected chi connectivity index (χ1v) is 2.73. The highest BCUT2D eigenvalue weighted by Crippen LogP contribution is 2.04. The average molecular weight is 146 g/mol. The standard InChI is InChI=1S/C6H8ClNO/c1-4(7)5(2)8-6(3)9/h1-2H2,3H3,(H,8,9). The van der Waals surface area contributed by atoms with Gasteiger partial charge in [0.2, 0.25) is 5.91 Å². The summed E-state index contributed by atoms with van der Waals surface area (Å²) in [5.74, 6) is -0.193. The molecule has 0 aliphatic heterocycles. The maximum Gasteiger partial charge on any atom is 0.221 e. The van der Waals surface area contributed by atoms with E-state index in [1.165, 1.54) is 6.92 Å². The zero-order valence-electron chi connectivity index (χ0n) is 5.20. The number of carbonyl (C=O) groups is 1. The van der Waals surface area contributed by atoms with E-state index in [1.807, 2.05) is 0 Å². The SMILES string of the molecule is C=C(Cl)C(=C)NC(C)=O. The Balaban J connectivity index is 3.79. The van der Waals surface area contributed by atoms with E-state index in [0.29, 0.717) is 5.70 Å². The van der Waals surface area contributed by atoms with Crippen molar-refractivity contribution in [1.29, 1.82) is 0 Å². The molecule has 0 aliphatic rings. The molecular weight excluding hydrogens is 138 g/mol. The summed E-state index contributed by atoms with van der Waals surface area (Å²) >= 11 is 5.36. The minimum absolute atomic E-state index is 0.193. The number of hydrogen-bond acceptors (Lipinski definition) is 1. The van der Waals surface area contributed by atoms with E-state index < -0.39 is 0 Å². The van der Waals surface area contributed by atoms with Crippen LogP contribution in [0.4, 0.5) is 0 Å². The van der Waals surface area contributed by atoms with E-state index in [1.54, 1.807) is 0 Å². The van der Waals surface area contributed by atoms with Crippen LogP contribution in [0.15, 0.2) is 23.9 Å². The Kier molecular flexibility index (Phi) is 3.02. The van der Waals surface area contributed by atoms with Crippen LogP contribution >= 0.6 is 11.6 Å². The van der Waals surface area contributed by atoms with Gasteiger partial charge in [-0.3, -0.25) is 4.79 Å². The summed E-state index contributed by atoms with van der Waals surface area (Å²) in [5.41, 5.74) is 0.351. The molecule has 0 fully saturated rings. The summed E-state index contributed by atoms with van der Waals surface area (Å²) in [6.07, 6.45) is 0. The second kappa shape index (κ2) is 3.30. The van der Waals surface area contributed by atoms with Crippen LogP contribution in [0.25, 0.3) is 0 Å². The van der Waals surface area contributed by atoms with Crippen LogP contribution in [0.3, 0.4) is 0 Å². The molecule has 0 saturated carbocycles. The summed E-state index contributed by atoms with van der Waals surface area (Å²) in [7, 11) is 0. The number of nitrogens with one attached hydrogen (secondary N) is 1. The number of hydrogen-bond donors (Lipinski definition) is 1. The predicted molar refractivity (Wildman–Crippen MR) is 37.9 cm³/mol. The van der Waals surface area contributed by atoms with E-state index in [0.717, 1.165) is 0 Å². The summed E-state index contributed by atoms with van der Waals surface area (Å²) < 4.78 is 0. The molecule has 0 atom stereocenters. The zero-order valence-corrected chi connectivity index (χ0v) is 5.96. The fourth-order valence-electron chi connectivity index (χ4n) is 0.280. The maximum absolute atomic E-state index is 10.3. The molecule has 0 aromatic heterocycles. The molecule has 0 heterocycles. The van der Waals surface area contributed by atoms with E-state index in [4.69, 9.17) is 11.6 Å². The van der Waals surface area contributed by atoms with Gasteiger partial charge in [-0.15, -0.1) is 0 Å². The third kappa shape index (κ3) is 3.79. The predicted octanol–water partition coefficient (Wildman–Crippen LogP) is 1.39. The lowest BCUT2D eigenvalue weighted by Gasteiger charge is -2.00. The smallest absolute Gasteiger partial charge is 0.221 e. The van der Waals surface area contributed by atoms with Crippen molar-refractivity contribution >= 4 is 17.5 Å². The Morgan fingerprint density at radius 3 is 2.11 bits per heavy atom. The van der Waals surface area contributed by atoms with Gasteiger partial charge in [0.15, 0.2) is 0 Å². The Hall–Kier alpha value is -0.760. The highest BCUT2D eigenvalue weighted by atomic mass is 35.5. The highest BCUT2D eigenvalue weighted by Gasteiger charge is 1.96. The minimum Gasteiger partial charge on any atom is -0.326 e. The molecule has 0 bridgehead atoms. The molecule has 0 aromatic carbocycles. The highest BCUT2D eigenvalue weighted by molar-refractivity contribution is 6.31. The lowest BCUT2D eigenvalue weighted by atomic mass is 10.4. The van der Waals surface area contributed by atoms with E-state index in [2.05, 4.69) is 18.5 Å². The largest absolute Gasteiger partial charge is 0.326 e. The van der Waals surface area contributed by atoms with Crippen molar-refractivity contribution in [2.75, 3.05) is 0 Å². The van der Waals surface area contributed by atoms with Crippen molar-refractivity contribution in [3.8, 4) is 0 Å². The fourth-order valence-corrected chi connectivity index (χ4v) is 0.328. The quantitative estimate of drug-likeness (QED) is 0.585. The zero-order chi connectivity index (χ0) is 7.44. The molecule has 0 unspecified atom stereocenters. The van der Waals surface area contributed by atoms with Crippen molar-refractivity contribution < 1.29 is 4.79 Å². The van der Waals surface area contributed by atoms with E-state index in [-0.39, 0.29) is 10.9 Å². The Morgan fingerprint density at radius 2 is 2.00 bits per heavy atom. The van der Waals surface area contributed by atoms with Crippen molar-refractivity contribution in [2.24, 2.45) is 0 Å². The maximum atomic E-state index is 10.3. The molecule has 1 N–H and O–H groups in total. The van der Waals surface area contributed by atoms with Gasteiger partial charge in [0.25, 0.3) is 0 Å². The van der Waals surface area contributed by atoms with Gasteiger partial charge < -0.3 is 5.32 Å². The summed E-state index contributed by atoms with van der Waals surface area (Å²) in [6.45, 7) is 8.17. The van der Waals surface area contributed by atoms with Gasteiger partial charge in [0, 0.05) is 6.92 Å². The number of allylic oxidation sites excluding steroid dienone is 1.